The predicted molar refractivity (Wildman–Crippen MR) is 102 cm³/mol. The fourth-order valence-corrected chi connectivity index (χ4v) is 2.38. The number of amides is 3. The van der Waals surface area contributed by atoms with Gasteiger partial charge in [0.15, 0.2) is 0 Å². The van der Waals surface area contributed by atoms with Crippen LogP contribution in [0.2, 0.25) is 0 Å². The molecule has 6 heteroatoms. The average molecular weight is 361 g/mol. The maximum Gasteiger partial charge on any atom is 0.243 e. The molecule has 1 aromatic rings. The van der Waals surface area contributed by atoms with Gasteiger partial charge in [0.05, 0.1) is 6.42 Å². The van der Waals surface area contributed by atoms with Crippen molar-refractivity contribution in [3.63, 3.8) is 0 Å². The number of nitrogens with one attached hydrogen (secondary N) is 3. The van der Waals surface area contributed by atoms with Gasteiger partial charge in [-0.2, -0.15) is 0 Å². The summed E-state index contributed by atoms with van der Waals surface area (Å²) >= 11 is 0. The Balaban J connectivity index is 2.63. The molecule has 0 saturated heterocycles. The van der Waals surface area contributed by atoms with E-state index < -0.39 is 12.1 Å². The lowest BCUT2D eigenvalue weighted by atomic mass is 10.0. The minimum Gasteiger partial charge on any atom is -0.352 e. The molecule has 0 aromatic heterocycles. The molecule has 0 radical (unpaired) electrons. The number of benzene rings is 1. The van der Waals surface area contributed by atoms with Gasteiger partial charge in [-0.05, 0) is 31.7 Å². The Kier molecular flexibility index (Phi) is 8.82. The van der Waals surface area contributed by atoms with Crippen molar-refractivity contribution in [1.82, 2.24) is 16.0 Å². The van der Waals surface area contributed by atoms with Gasteiger partial charge < -0.3 is 16.0 Å². The summed E-state index contributed by atoms with van der Waals surface area (Å²) in [6.45, 7) is 9.24. The zero-order chi connectivity index (χ0) is 19.7. The average Bonchev–Trinajstić information content (AvgIpc) is 2.59. The molecule has 0 aliphatic carbocycles. The van der Waals surface area contributed by atoms with Crippen LogP contribution in [0, 0.1) is 5.92 Å². The van der Waals surface area contributed by atoms with Gasteiger partial charge >= 0.3 is 0 Å². The fraction of sp³-hybridized carbons (Fsp3) is 0.550. The van der Waals surface area contributed by atoms with Crippen LogP contribution in [0.5, 0.6) is 0 Å². The lowest BCUT2D eigenvalue weighted by molar-refractivity contribution is -0.132. The van der Waals surface area contributed by atoms with Crippen LogP contribution in [-0.2, 0) is 20.8 Å². The molecule has 3 N–H and O–H groups in total. The highest BCUT2D eigenvalue weighted by Gasteiger charge is 2.27. The summed E-state index contributed by atoms with van der Waals surface area (Å²) in [4.78, 5) is 36.9. The van der Waals surface area contributed by atoms with Gasteiger partial charge in [-0.3, -0.25) is 14.4 Å². The number of rotatable bonds is 9. The number of hydrogen-bond donors (Lipinski definition) is 3. The Hall–Kier alpha value is -2.37. The molecule has 6 nitrogen and oxygen atoms in total. The molecule has 1 rings (SSSR count). The minimum absolute atomic E-state index is 0.0494. The summed E-state index contributed by atoms with van der Waals surface area (Å²) in [5.74, 6) is -0.902. The van der Waals surface area contributed by atoms with Crippen LogP contribution in [0.25, 0.3) is 0 Å². The molecule has 0 bridgehead atoms. The number of carbonyl (C=O) groups excluding carboxylic acids is 3. The molecule has 1 aromatic carbocycles. The van der Waals surface area contributed by atoms with Crippen molar-refractivity contribution in [2.75, 3.05) is 0 Å². The third-order valence-corrected chi connectivity index (χ3v) is 4.23. The molecule has 26 heavy (non-hydrogen) atoms. The largest absolute Gasteiger partial charge is 0.352 e. The van der Waals surface area contributed by atoms with E-state index in [1.165, 1.54) is 0 Å². The molecular weight excluding hydrogens is 330 g/mol. The predicted octanol–water partition coefficient (Wildman–Crippen LogP) is 1.79. The van der Waals surface area contributed by atoms with Crippen LogP contribution in [-0.4, -0.2) is 35.8 Å². The highest BCUT2D eigenvalue weighted by atomic mass is 16.2. The Morgan fingerprint density at radius 3 is 2.04 bits per heavy atom. The van der Waals surface area contributed by atoms with E-state index in [0.717, 1.165) is 12.0 Å². The molecular formula is C20H31N3O3. The fourth-order valence-electron chi connectivity index (χ4n) is 2.38. The molecule has 0 aliphatic heterocycles. The Morgan fingerprint density at radius 1 is 0.885 bits per heavy atom. The highest BCUT2D eigenvalue weighted by molar-refractivity contribution is 5.92. The zero-order valence-corrected chi connectivity index (χ0v) is 16.3. The van der Waals surface area contributed by atoms with E-state index in [1.54, 1.807) is 6.92 Å². The molecule has 3 atom stereocenters. The van der Waals surface area contributed by atoms with Crippen molar-refractivity contribution < 1.29 is 14.4 Å². The Bertz CT molecular complexity index is 602. The van der Waals surface area contributed by atoms with Gasteiger partial charge in [0.2, 0.25) is 17.7 Å². The quantitative estimate of drug-likeness (QED) is 0.627. The van der Waals surface area contributed by atoms with E-state index in [4.69, 9.17) is 0 Å². The summed E-state index contributed by atoms with van der Waals surface area (Å²) in [5.41, 5.74) is 0.884. The first kappa shape index (κ1) is 21.7. The topological polar surface area (TPSA) is 87.3 Å². The Labute approximate surface area is 156 Å². The molecule has 0 heterocycles. The van der Waals surface area contributed by atoms with Crippen molar-refractivity contribution in [1.29, 1.82) is 0 Å². The molecule has 0 saturated carbocycles. The second-order valence-electron chi connectivity index (χ2n) is 7.00. The van der Waals surface area contributed by atoms with E-state index in [1.807, 2.05) is 58.0 Å². The summed E-state index contributed by atoms with van der Waals surface area (Å²) < 4.78 is 0. The first-order chi connectivity index (χ1) is 12.2. The van der Waals surface area contributed by atoms with Crippen molar-refractivity contribution in [3.05, 3.63) is 35.9 Å². The van der Waals surface area contributed by atoms with Crippen molar-refractivity contribution in [2.45, 2.75) is 65.6 Å². The first-order valence-corrected chi connectivity index (χ1v) is 9.18. The molecule has 0 fully saturated rings. The van der Waals surface area contributed by atoms with E-state index in [0.29, 0.717) is 0 Å². The lowest BCUT2D eigenvalue weighted by Crippen LogP contribution is -2.55. The van der Waals surface area contributed by atoms with Gasteiger partial charge in [0.25, 0.3) is 0 Å². The zero-order valence-electron chi connectivity index (χ0n) is 16.3. The third-order valence-electron chi connectivity index (χ3n) is 4.23. The number of hydrogen-bond acceptors (Lipinski definition) is 3. The summed E-state index contributed by atoms with van der Waals surface area (Å²) in [7, 11) is 0. The van der Waals surface area contributed by atoms with E-state index >= 15 is 0 Å². The molecule has 144 valence electrons. The number of carbonyl (C=O) groups is 3. The van der Waals surface area contributed by atoms with Crippen molar-refractivity contribution in [3.8, 4) is 0 Å². The van der Waals surface area contributed by atoms with Crippen LogP contribution in [0.15, 0.2) is 30.3 Å². The maximum absolute atomic E-state index is 12.5. The van der Waals surface area contributed by atoms with E-state index in [9.17, 15) is 14.4 Å². The maximum atomic E-state index is 12.5. The molecule has 3 amide bonds. The lowest BCUT2D eigenvalue weighted by Gasteiger charge is -2.24. The third kappa shape index (κ3) is 7.25. The SMILES string of the molecule is CCC(C)NC(=O)C(C)NC(=O)C(NC(=O)Cc1ccccc1)C(C)C. The first-order valence-electron chi connectivity index (χ1n) is 9.18. The van der Waals surface area contributed by atoms with Crippen LogP contribution in [0.1, 0.15) is 46.6 Å². The second-order valence-corrected chi connectivity index (χ2v) is 7.00. The summed E-state index contributed by atoms with van der Waals surface area (Å²) in [6, 6.07) is 8.05. The molecule has 0 spiro atoms. The van der Waals surface area contributed by atoms with Gasteiger partial charge in [-0.15, -0.1) is 0 Å². The van der Waals surface area contributed by atoms with Crippen LogP contribution < -0.4 is 16.0 Å². The standard InChI is InChI=1S/C20H31N3O3/c1-6-14(4)21-19(25)15(5)22-20(26)18(13(2)3)23-17(24)12-16-10-8-7-9-11-16/h7-11,13-15,18H,6,12H2,1-5H3,(H,21,25)(H,22,26)(H,23,24). The van der Waals surface area contributed by atoms with Crippen LogP contribution in [0.3, 0.4) is 0 Å². The normalized spacial score (nSPS) is 14.2. The van der Waals surface area contributed by atoms with Crippen molar-refractivity contribution >= 4 is 17.7 Å². The van der Waals surface area contributed by atoms with Gasteiger partial charge in [0.1, 0.15) is 12.1 Å². The van der Waals surface area contributed by atoms with Gasteiger partial charge in [-0.1, -0.05) is 51.1 Å². The smallest absolute Gasteiger partial charge is 0.243 e. The second kappa shape index (κ2) is 10.6. The molecule has 3 unspecified atom stereocenters. The van der Waals surface area contributed by atoms with Crippen LogP contribution >= 0.6 is 0 Å². The highest BCUT2D eigenvalue weighted by Crippen LogP contribution is 2.05. The summed E-state index contributed by atoms with van der Waals surface area (Å²) in [6.07, 6.45) is 1.03. The van der Waals surface area contributed by atoms with Crippen LogP contribution in [0.4, 0.5) is 0 Å². The van der Waals surface area contributed by atoms with Gasteiger partial charge in [-0.25, -0.2) is 0 Å². The summed E-state index contributed by atoms with van der Waals surface area (Å²) in [5, 5.41) is 8.31. The van der Waals surface area contributed by atoms with E-state index in [-0.39, 0.29) is 36.1 Å². The minimum atomic E-state index is -0.690. The Morgan fingerprint density at radius 2 is 1.50 bits per heavy atom. The monoisotopic (exact) mass is 361 g/mol. The van der Waals surface area contributed by atoms with Crippen molar-refractivity contribution in [2.24, 2.45) is 5.92 Å². The van der Waals surface area contributed by atoms with Gasteiger partial charge in [0, 0.05) is 6.04 Å². The van der Waals surface area contributed by atoms with E-state index in [2.05, 4.69) is 16.0 Å². The molecule has 0 aliphatic rings.